The molecule has 0 spiro atoms. The molecular formula is C26H44O3S. The Balaban J connectivity index is 2.52. The van der Waals surface area contributed by atoms with Crippen LogP contribution in [0.15, 0.2) is 12.1 Å². The van der Waals surface area contributed by atoms with Crippen LogP contribution in [0.5, 0.6) is 11.5 Å². The summed E-state index contributed by atoms with van der Waals surface area (Å²) in [6.45, 7) is 14.6. The lowest BCUT2D eigenvalue weighted by Gasteiger charge is -2.27. The van der Waals surface area contributed by atoms with Gasteiger partial charge in [0, 0.05) is 17.5 Å². The molecule has 1 aromatic rings. The number of unbranched alkanes of at least 4 members (excludes halogenated alkanes) is 5. The number of benzene rings is 1. The highest BCUT2D eigenvalue weighted by Crippen LogP contribution is 2.41. The zero-order chi connectivity index (χ0) is 22.8. The van der Waals surface area contributed by atoms with Crippen LogP contribution in [0.1, 0.15) is 111 Å². The molecule has 0 atom stereocenters. The zero-order valence-electron chi connectivity index (χ0n) is 20.4. The Morgan fingerprint density at radius 1 is 0.867 bits per heavy atom. The van der Waals surface area contributed by atoms with Crippen LogP contribution in [-0.4, -0.2) is 22.6 Å². The third kappa shape index (κ3) is 9.76. The SMILES string of the molecule is CCCCCCCCSCCCC(=O)Oc1cc(C(C)(C)C)c(O)c(C(C)(C)C)c1. The second-order valence-corrected chi connectivity index (χ2v) is 11.5. The number of ether oxygens (including phenoxy) is 1. The van der Waals surface area contributed by atoms with Gasteiger partial charge in [-0.2, -0.15) is 11.8 Å². The molecule has 0 aliphatic rings. The smallest absolute Gasteiger partial charge is 0.311 e. The first-order valence-electron chi connectivity index (χ1n) is 11.6. The molecule has 1 aromatic carbocycles. The maximum atomic E-state index is 12.4. The number of hydrogen-bond acceptors (Lipinski definition) is 4. The van der Waals surface area contributed by atoms with E-state index in [-0.39, 0.29) is 16.8 Å². The molecule has 30 heavy (non-hydrogen) atoms. The minimum atomic E-state index is -0.236. The van der Waals surface area contributed by atoms with Crippen molar-refractivity contribution in [3.63, 3.8) is 0 Å². The van der Waals surface area contributed by atoms with Gasteiger partial charge in [-0.05, 0) is 47.3 Å². The average molecular weight is 437 g/mol. The monoisotopic (exact) mass is 436 g/mol. The molecule has 1 rings (SSSR count). The maximum Gasteiger partial charge on any atom is 0.311 e. The van der Waals surface area contributed by atoms with E-state index in [0.717, 1.165) is 23.3 Å². The molecule has 0 heterocycles. The lowest BCUT2D eigenvalue weighted by molar-refractivity contribution is -0.134. The van der Waals surface area contributed by atoms with E-state index in [0.29, 0.717) is 17.9 Å². The van der Waals surface area contributed by atoms with Crippen LogP contribution in [0.4, 0.5) is 0 Å². The first-order chi connectivity index (χ1) is 14.0. The average Bonchev–Trinajstić information content (AvgIpc) is 2.62. The van der Waals surface area contributed by atoms with Crippen molar-refractivity contribution >= 4 is 17.7 Å². The molecule has 0 bridgehead atoms. The molecule has 0 radical (unpaired) electrons. The van der Waals surface area contributed by atoms with E-state index in [4.69, 9.17) is 4.74 Å². The summed E-state index contributed by atoms with van der Waals surface area (Å²) in [5, 5.41) is 10.8. The number of phenolic OH excluding ortho intramolecular Hbond substituents is 1. The van der Waals surface area contributed by atoms with E-state index >= 15 is 0 Å². The van der Waals surface area contributed by atoms with Gasteiger partial charge in [-0.1, -0.05) is 80.6 Å². The van der Waals surface area contributed by atoms with Crippen molar-refractivity contribution in [3.8, 4) is 11.5 Å². The summed E-state index contributed by atoms with van der Waals surface area (Å²) >= 11 is 1.94. The topological polar surface area (TPSA) is 46.5 Å². The lowest BCUT2D eigenvalue weighted by Crippen LogP contribution is -2.18. The molecule has 0 aromatic heterocycles. The van der Waals surface area contributed by atoms with Gasteiger partial charge in [-0.25, -0.2) is 0 Å². The van der Waals surface area contributed by atoms with Crippen LogP contribution in [0.25, 0.3) is 0 Å². The molecule has 0 unspecified atom stereocenters. The van der Waals surface area contributed by atoms with Crippen LogP contribution in [0, 0.1) is 0 Å². The molecule has 0 aliphatic heterocycles. The van der Waals surface area contributed by atoms with E-state index in [1.165, 1.54) is 44.3 Å². The number of hydrogen-bond donors (Lipinski definition) is 1. The summed E-state index contributed by atoms with van der Waals surface area (Å²) < 4.78 is 5.66. The summed E-state index contributed by atoms with van der Waals surface area (Å²) in [5.74, 6) is 2.83. The summed E-state index contributed by atoms with van der Waals surface area (Å²) in [7, 11) is 0. The minimum Gasteiger partial charge on any atom is -0.507 e. The number of thioether (sulfide) groups is 1. The van der Waals surface area contributed by atoms with Gasteiger partial charge >= 0.3 is 5.97 Å². The first-order valence-corrected chi connectivity index (χ1v) is 12.8. The summed E-state index contributed by atoms with van der Waals surface area (Å²) in [6.07, 6.45) is 9.22. The van der Waals surface area contributed by atoms with Crippen molar-refractivity contribution in [2.75, 3.05) is 11.5 Å². The number of phenols is 1. The van der Waals surface area contributed by atoms with Crippen LogP contribution in [-0.2, 0) is 15.6 Å². The molecule has 0 aliphatic carbocycles. The highest BCUT2D eigenvalue weighted by molar-refractivity contribution is 7.99. The molecule has 0 amide bonds. The van der Waals surface area contributed by atoms with Crippen LogP contribution in [0.2, 0.25) is 0 Å². The van der Waals surface area contributed by atoms with Crippen molar-refractivity contribution in [1.82, 2.24) is 0 Å². The van der Waals surface area contributed by atoms with Crippen molar-refractivity contribution in [3.05, 3.63) is 23.3 Å². The van der Waals surface area contributed by atoms with Gasteiger partial charge in [0.15, 0.2) is 0 Å². The van der Waals surface area contributed by atoms with E-state index < -0.39 is 0 Å². The van der Waals surface area contributed by atoms with E-state index in [1.807, 2.05) is 23.9 Å². The van der Waals surface area contributed by atoms with Crippen LogP contribution >= 0.6 is 11.8 Å². The van der Waals surface area contributed by atoms with Gasteiger partial charge in [-0.3, -0.25) is 4.79 Å². The Morgan fingerprint density at radius 2 is 1.37 bits per heavy atom. The van der Waals surface area contributed by atoms with Gasteiger partial charge in [0.1, 0.15) is 11.5 Å². The zero-order valence-corrected chi connectivity index (χ0v) is 21.2. The van der Waals surface area contributed by atoms with Crippen molar-refractivity contribution in [1.29, 1.82) is 0 Å². The number of esters is 1. The largest absolute Gasteiger partial charge is 0.507 e. The number of rotatable bonds is 12. The maximum absolute atomic E-state index is 12.4. The number of carbonyl (C=O) groups excluding carboxylic acids is 1. The highest BCUT2D eigenvalue weighted by atomic mass is 32.2. The van der Waals surface area contributed by atoms with Gasteiger partial charge in [0.25, 0.3) is 0 Å². The molecular weight excluding hydrogens is 392 g/mol. The Morgan fingerprint density at radius 3 is 1.90 bits per heavy atom. The Bertz CT molecular complexity index is 618. The standard InChI is InChI=1S/C26H44O3S/c1-8-9-10-11-12-13-16-30-17-14-15-23(27)29-20-18-21(25(2,3)4)24(28)22(19-20)26(5,6)7/h18-19,28H,8-17H2,1-7H3. The normalized spacial score (nSPS) is 12.2. The molecule has 0 saturated heterocycles. The predicted molar refractivity (Wildman–Crippen MR) is 131 cm³/mol. The highest BCUT2D eigenvalue weighted by Gasteiger charge is 2.27. The fourth-order valence-electron chi connectivity index (χ4n) is 3.40. The lowest BCUT2D eigenvalue weighted by atomic mass is 9.79. The Hall–Kier alpha value is -1.16. The summed E-state index contributed by atoms with van der Waals surface area (Å²) in [4.78, 5) is 12.4. The van der Waals surface area contributed by atoms with E-state index in [9.17, 15) is 9.90 Å². The summed E-state index contributed by atoms with van der Waals surface area (Å²) in [6, 6.07) is 3.63. The number of aromatic hydroxyl groups is 1. The fourth-order valence-corrected chi connectivity index (χ4v) is 4.36. The third-order valence-corrected chi connectivity index (χ3v) is 6.40. The molecule has 0 saturated carbocycles. The quantitative estimate of drug-likeness (QED) is 0.206. The fraction of sp³-hybridized carbons (Fsp3) is 0.731. The van der Waals surface area contributed by atoms with Gasteiger partial charge in [-0.15, -0.1) is 0 Å². The van der Waals surface area contributed by atoms with Crippen LogP contribution < -0.4 is 4.74 Å². The first kappa shape index (κ1) is 26.9. The van der Waals surface area contributed by atoms with Crippen LogP contribution in [0.3, 0.4) is 0 Å². The molecule has 4 heteroatoms. The second-order valence-electron chi connectivity index (χ2n) is 10.3. The number of carbonyl (C=O) groups is 1. The second kappa shape index (κ2) is 12.6. The third-order valence-electron chi connectivity index (χ3n) is 5.24. The van der Waals surface area contributed by atoms with Crippen molar-refractivity contribution < 1.29 is 14.6 Å². The van der Waals surface area contributed by atoms with Crippen molar-refractivity contribution in [2.24, 2.45) is 0 Å². The van der Waals surface area contributed by atoms with E-state index in [1.54, 1.807) is 0 Å². The van der Waals surface area contributed by atoms with Gasteiger partial charge < -0.3 is 9.84 Å². The molecule has 1 N–H and O–H groups in total. The Labute approximate surface area is 189 Å². The van der Waals surface area contributed by atoms with Gasteiger partial charge in [0.05, 0.1) is 0 Å². The summed E-state index contributed by atoms with van der Waals surface area (Å²) in [5.41, 5.74) is 1.15. The molecule has 0 fully saturated rings. The molecule has 3 nitrogen and oxygen atoms in total. The Kier molecular flexibility index (Phi) is 11.3. The molecule has 172 valence electrons. The minimum absolute atomic E-state index is 0.194. The van der Waals surface area contributed by atoms with E-state index in [2.05, 4.69) is 48.5 Å². The van der Waals surface area contributed by atoms with Gasteiger partial charge in [0.2, 0.25) is 0 Å². The predicted octanol–water partition coefficient (Wildman–Crippen LogP) is 7.77. The van der Waals surface area contributed by atoms with Crippen molar-refractivity contribution in [2.45, 2.75) is 111 Å².